The third kappa shape index (κ3) is 3.26. The summed E-state index contributed by atoms with van der Waals surface area (Å²) in [5.74, 6) is 0. The van der Waals surface area contributed by atoms with Gasteiger partial charge in [-0.2, -0.15) is 0 Å². The summed E-state index contributed by atoms with van der Waals surface area (Å²) in [6, 6.07) is 15.6. The third-order valence-corrected chi connectivity index (χ3v) is 5.13. The molecule has 1 saturated heterocycles. The van der Waals surface area contributed by atoms with Gasteiger partial charge in [0, 0.05) is 37.1 Å². The lowest BCUT2D eigenvalue weighted by molar-refractivity contribution is 0.155. The summed E-state index contributed by atoms with van der Waals surface area (Å²) in [6.07, 6.45) is 0. The minimum atomic E-state index is 0.482. The van der Waals surface area contributed by atoms with E-state index >= 15 is 0 Å². The van der Waals surface area contributed by atoms with E-state index in [1.807, 2.05) is 11.3 Å². The van der Waals surface area contributed by atoms with E-state index in [9.17, 15) is 0 Å². The molecule has 0 bridgehead atoms. The van der Waals surface area contributed by atoms with Crippen LogP contribution in [0.3, 0.4) is 0 Å². The highest BCUT2D eigenvalue weighted by atomic mass is 79.9. The molecule has 1 atom stereocenters. The van der Waals surface area contributed by atoms with Crippen molar-refractivity contribution in [2.75, 3.05) is 19.6 Å². The lowest BCUT2D eigenvalue weighted by atomic mass is 10.0. The van der Waals surface area contributed by atoms with Crippen LogP contribution in [0.25, 0.3) is 0 Å². The molecule has 3 rings (SSSR count). The first-order valence-corrected chi connectivity index (χ1v) is 8.18. The fraction of sp³-hybridized carbons (Fsp3) is 0.333. The number of hydrogen-bond acceptors (Lipinski definition) is 3. The fourth-order valence-corrected chi connectivity index (χ4v) is 4.09. The molecule has 1 aliphatic heterocycles. The van der Waals surface area contributed by atoms with Gasteiger partial charge in [0.2, 0.25) is 0 Å². The molecule has 2 nitrogen and oxygen atoms in total. The normalized spacial score (nSPS) is 20.6. The highest BCUT2D eigenvalue weighted by Gasteiger charge is 2.23. The zero-order chi connectivity index (χ0) is 13.1. The molecular formula is C15H17BrN2S. The van der Waals surface area contributed by atoms with Gasteiger partial charge < -0.3 is 5.32 Å². The monoisotopic (exact) mass is 336 g/mol. The summed E-state index contributed by atoms with van der Waals surface area (Å²) in [4.78, 5) is 4.00. The Morgan fingerprint density at radius 1 is 1.21 bits per heavy atom. The SMILES string of the molecule is Brc1ccc(CN2CCNCC2c2ccccc2)s1. The van der Waals surface area contributed by atoms with Crippen molar-refractivity contribution >= 4 is 27.3 Å². The molecule has 1 aliphatic rings. The number of piperazine rings is 1. The average molecular weight is 337 g/mol. The number of halogens is 1. The van der Waals surface area contributed by atoms with E-state index in [2.05, 4.69) is 68.6 Å². The van der Waals surface area contributed by atoms with Crippen molar-refractivity contribution in [3.63, 3.8) is 0 Å². The number of rotatable bonds is 3. The van der Waals surface area contributed by atoms with Gasteiger partial charge in [-0.1, -0.05) is 30.3 Å². The Morgan fingerprint density at radius 2 is 2.05 bits per heavy atom. The highest BCUT2D eigenvalue weighted by molar-refractivity contribution is 9.11. The molecule has 2 aromatic rings. The molecule has 1 aromatic heterocycles. The molecule has 2 heterocycles. The van der Waals surface area contributed by atoms with E-state index in [1.54, 1.807) is 0 Å². The molecule has 0 aliphatic carbocycles. The van der Waals surface area contributed by atoms with Crippen molar-refractivity contribution in [1.29, 1.82) is 0 Å². The first-order valence-electron chi connectivity index (χ1n) is 6.57. The van der Waals surface area contributed by atoms with Crippen molar-refractivity contribution in [2.24, 2.45) is 0 Å². The second-order valence-electron chi connectivity index (χ2n) is 4.81. The predicted octanol–water partition coefficient (Wildman–Crippen LogP) is 3.66. The van der Waals surface area contributed by atoms with Gasteiger partial charge in [-0.25, -0.2) is 0 Å². The van der Waals surface area contributed by atoms with Crippen LogP contribution in [0.15, 0.2) is 46.3 Å². The van der Waals surface area contributed by atoms with Gasteiger partial charge in [-0.15, -0.1) is 11.3 Å². The molecule has 100 valence electrons. The van der Waals surface area contributed by atoms with Crippen LogP contribution in [-0.4, -0.2) is 24.5 Å². The van der Waals surface area contributed by atoms with Crippen molar-refractivity contribution in [3.8, 4) is 0 Å². The van der Waals surface area contributed by atoms with Crippen molar-refractivity contribution in [2.45, 2.75) is 12.6 Å². The Labute approximate surface area is 126 Å². The Morgan fingerprint density at radius 3 is 2.79 bits per heavy atom. The molecule has 1 aromatic carbocycles. The summed E-state index contributed by atoms with van der Waals surface area (Å²) < 4.78 is 1.22. The molecular weight excluding hydrogens is 320 g/mol. The van der Waals surface area contributed by atoms with E-state index in [0.717, 1.165) is 26.2 Å². The molecule has 1 N–H and O–H groups in total. The Balaban J connectivity index is 1.77. The van der Waals surface area contributed by atoms with Crippen molar-refractivity contribution in [3.05, 3.63) is 56.7 Å². The second-order valence-corrected chi connectivity index (χ2v) is 7.35. The fourth-order valence-electron chi connectivity index (χ4n) is 2.58. The van der Waals surface area contributed by atoms with Crippen LogP contribution in [0.2, 0.25) is 0 Å². The quantitative estimate of drug-likeness (QED) is 0.920. The van der Waals surface area contributed by atoms with Crippen LogP contribution in [-0.2, 0) is 6.54 Å². The van der Waals surface area contributed by atoms with Crippen LogP contribution in [0.5, 0.6) is 0 Å². The van der Waals surface area contributed by atoms with Gasteiger partial charge in [0.25, 0.3) is 0 Å². The lowest BCUT2D eigenvalue weighted by Gasteiger charge is -2.36. The number of hydrogen-bond donors (Lipinski definition) is 1. The third-order valence-electron chi connectivity index (χ3n) is 3.53. The van der Waals surface area contributed by atoms with Gasteiger partial charge in [0.15, 0.2) is 0 Å². The standard InChI is InChI=1S/C15H17BrN2S/c16-15-7-6-13(19-15)11-18-9-8-17-10-14(18)12-4-2-1-3-5-12/h1-7,14,17H,8-11H2. The van der Waals surface area contributed by atoms with Crippen molar-refractivity contribution < 1.29 is 0 Å². The molecule has 0 amide bonds. The molecule has 1 fully saturated rings. The number of benzene rings is 1. The van der Waals surface area contributed by atoms with Crippen LogP contribution in [0.4, 0.5) is 0 Å². The molecule has 1 unspecified atom stereocenters. The van der Waals surface area contributed by atoms with E-state index in [4.69, 9.17) is 0 Å². The van der Waals surface area contributed by atoms with Gasteiger partial charge in [-0.3, -0.25) is 4.90 Å². The number of thiophene rings is 1. The predicted molar refractivity (Wildman–Crippen MR) is 84.5 cm³/mol. The zero-order valence-electron chi connectivity index (χ0n) is 10.7. The Kier molecular flexibility index (Phi) is 4.33. The summed E-state index contributed by atoms with van der Waals surface area (Å²) in [6.45, 7) is 4.26. The largest absolute Gasteiger partial charge is 0.314 e. The first-order chi connectivity index (χ1) is 9.33. The Hall–Kier alpha value is -0.680. The van der Waals surface area contributed by atoms with Crippen LogP contribution in [0.1, 0.15) is 16.5 Å². The highest BCUT2D eigenvalue weighted by Crippen LogP contribution is 2.28. The van der Waals surface area contributed by atoms with Gasteiger partial charge >= 0.3 is 0 Å². The van der Waals surface area contributed by atoms with Gasteiger partial charge in [0.05, 0.1) is 3.79 Å². The van der Waals surface area contributed by atoms with Gasteiger partial charge in [0.1, 0.15) is 0 Å². The van der Waals surface area contributed by atoms with Gasteiger partial charge in [-0.05, 0) is 33.6 Å². The van der Waals surface area contributed by atoms with Crippen molar-refractivity contribution in [1.82, 2.24) is 10.2 Å². The van der Waals surface area contributed by atoms with Crippen LogP contribution in [0, 0.1) is 0 Å². The maximum Gasteiger partial charge on any atom is 0.0701 e. The summed E-state index contributed by atoms with van der Waals surface area (Å²) in [5.41, 5.74) is 1.41. The minimum Gasteiger partial charge on any atom is -0.314 e. The Bertz CT molecular complexity index is 526. The van der Waals surface area contributed by atoms with E-state index < -0.39 is 0 Å². The lowest BCUT2D eigenvalue weighted by Crippen LogP contribution is -2.45. The molecule has 19 heavy (non-hydrogen) atoms. The molecule has 0 radical (unpaired) electrons. The second kappa shape index (κ2) is 6.18. The minimum absolute atomic E-state index is 0.482. The molecule has 0 saturated carbocycles. The average Bonchev–Trinajstić information content (AvgIpc) is 2.86. The van der Waals surface area contributed by atoms with E-state index in [1.165, 1.54) is 14.2 Å². The zero-order valence-corrected chi connectivity index (χ0v) is 13.1. The van der Waals surface area contributed by atoms with E-state index in [0.29, 0.717) is 6.04 Å². The van der Waals surface area contributed by atoms with Crippen LogP contribution >= 0.6 is 27.3 Å². The summed E-state index contributed by atoms with van der Waals surface area (Å²) in [7, 11) is 0. The van der Waals surface area contributed by atoms with E-state index in [-0.39, 0.29) is 0 Å². The maximum absolute atomic E-state index is 3.54. The molecule has 0 spiro atoms. The molecule has 4 heteroatoms. The summed E-state index contributed by atoms with van der Waals surface area (Å²) in [5, 5.41) is 3.51. The first kappa shape index (κ1) is 13.3. The smallest absolute Gasteiger partial charge is 0.0701 e. The maximum atomic E-state index is 3.54. The summed E-state index contributed by atoms with van der Waals surface area (Å²) >= 11 is 5.38. The topological polar surface area (TPSA) is 15.3 Å². The van der Waals surface area contributed by atoms with Crippen LogP contribution < -0.4 is 5.32 Å². The number of nitrogens with one attached hydrogen (secondary N) is 1. The number of nitrogens with zero attached hydrogens (tertiary/aromatic N) is 1.